The Hall–Kier alpha value is -1.06. The molecule has 0 aliphatic rings. The lowest BCUT2D eigenvalue weighted by molar-refractivity contribution is -0.154. The zero-order valence-corrected chi connectivity index (χ0v) is 8.42. The number of nitrogens with one attached hydrogen (secondary N) is 1. The molecule has 0 aromatic rings. The van der Waals surface area contributed by atoms with Crippen LogP contribution in [0.3, 0.4) is 0 Å². The first-order chi connectivity index (χ1) is 6.15. The van der Waals surface area contributed by atoms with E-state index in [2.05, 4.69) is 10.1 Å². The van der Waals surface area contributed by atoms with Crippen LogP contribution in [0.4, 0.5) is 0 Å². The van der Waals surface area contributed by atoms with Crippen molar-refractivity contribution in [1.29, 1.82) is 0 Å². The smallest absolute Gasteiger partial charge is 0.396 e. The van der Waals surface area contributed by atoms with Crippen LogP contribution in [0.1, 0.15) is 33.6 Å². The van der Waals surface area contributed by atoms with Gasteiger partial charge in [0.1, 0.15) is 0 Å². The molecule has 0 bridgehead atoms. The van der Waals surface area contributed by atoms with Gasteiger partial charge in [0.2, 0.25) is 0 Å². The average molecular weight is 187 g/mol. The van der Waals surface area contributed by atoms with Crippen molar-refractivity contribution in [3.05, 3.63) is 0 Å². The van der Waals surface area contributed by atoms with Crippen molar-refractivity contribution in [3.8, 4) is 0 Å². The second-order valence-corrected chi connectivity index (χ2v) is 2.71. The fraction of sp³-hybridized carbons (Fsp3) is 0.778. The molecular formula is C9H17NO3. The minimum absolute atomic E-state index is 0.0666. The SMILES string of the molecule is CCOC(=O)C(=O)NC(CC)CC. The highest BCUT2D eigenvalue weighted by molar-refractivity contribution is 6.32. The summed E-state index contributed by atoms with van der Waals surface area (Å²) in [5, 5.41) is 2.59. The summed E-state index contributed by atoms with van der Waals surface area (Å²) in [5.74, 6) is -1.44. The van der Waals surface area contributed by atoms with Crippen molar-refractivity contribution in [1.82, 2.24) is 5.32 Å². The first-order valence-electron chi connectivity index (χ1n) is 4.63. The lowest BCUT2D eigenvalue weighted by Crippen LogP contribution is -2.39. The third-order valence-corrected chi connectivity index (χ3v) is 1.78. The van der Waals surface area contributed by atoms with Crippen molar-refractivity contribution in [2.24, 2.45) is 0 Å². The first-order valence-corrected chi connectivity index (χ1v) is 4.63. The highest BCUT2D eigenvalue weighted by atomic mass is 16.5. The van der Waals surface area contributed by atoms with Crippen molar-refractivity contribution in [3.63, 3.8) is 0 Å². The Morgan fingerprint density at radius 3 is 2.15 bits per heavy atom. The van der Waals surface area contributed by atoms with Crippen molar-refractivity contribution >= 4 is 11.9 Å². The molecule has 1 N–H and O–H groups in total. The quantitative estimate of drug-likeness (QED) is 0.524. The number of hydrogen-bond donors (Lipinski definition) is 1. The molecule has 0 saturated heterocycles. The van der Waals surface area contributed by atoms with E-state index >= 15 is 0 Å². The highest BCUT2D eigenvalue weighted by Crippen LogP contribution is 1.95. The maximum atomic E-state index is 11.1. The Bertz CT molecular complexity index is 176. The van der Waals surface area contributed by atoms with Gasteiger partial charge in [0.15, 0.2) is 0 Å². The summed E-state index contributed by atoms with van der Waals surface area (Å²) in [6.45, 7) is 5.82. The maximum absolute atomic E-state index is 11.1. The number of carbonyl (C=O) groups excluding carboxylic acids is 2. The van der Waals surface area contributed by atoms with Crippen LogP contribution in [-0.4, -0.2) is 24.5 Å². The molecule has 4 nitrogen and oxygen atoms in total. The van der Waals surface area contributed by atoms with Crippen molar-refractivity contribution in [2.45, 2.75) is 39.7 Å². The normalized spacial score (nSPS) is 9.85. The van der Waals surface area contributed by atoms with Gasteiger partial charge in [0, 0.05) is 6.04 Å². The minimum atomic E-state index is -0.797. The summed E-state index contributed by atoms with van der Waals surface area (Å²) >= 11 is 0. The molecule has 76 valence electrons. The summed E-state index contributed by atoms with van der Waals surface area (Å²) in [5.41, 5.74) is 0. The van der Waals surface area contributed by atoms with Crippen molar-refractivity contribution < 1.29 is 14.3 Å². The Morgan fingerprint density at radius 1 is 1.23 bits per heavy atom. The van der Waals surface area contributed by atoms with Gasteiger partial charge in [0.25, 0.3) is 0 Å². The van der Waals surface area contributed by atoms with Gasteiger partial charge in [-0.05, 0) is 19.8 Å². The molecule has 0 aliphatic heterocycles. The molecular weight excluding hydrogens is 170 g/mol. The molecule has 0 heterocycles. The second kappa shape index (κ2) is 6.46. The molecule has 0 fully saturated rings. The number of carbonyl (C=O) groups is 2. The third kappa shape index (κ3) is 4.50. The number of esters is 1. The fourth-order valence-electron chi connectivity index (χ4n) is 0.934. The Kier molecular flexibility index (Phi) is 5.93. The minimum Gasteiger partial charge on any atom is -0.459 e. The number of rotatable bonds is 4. The van der Waals surface area contributed by atoms with Gasteiger partial charge < -0.3 is 10.1 Å². The van der Waals surface area contributed by atoms with Crippen LogP contribution in [0.15, 0.2) is 0 Å². The summed E-state index contributed by atoms with van der Waals surface area (Å²) in [7, 11) is 0. The van der Waals surface area contributed by atoms with Gasteiger partial charge in [-0.15, -0.1) is 0 Å². The molecule has 0 spiro atoms. The van der Waals surface area contributed by atoms with E-state index in [1.807, 2.05) is 13.8 Å². The molecule has 0 radical (unpaired) electrons. The molecule has 0 atom stereocenters. The van der Waals surface area contributed by atoms with Gasteiger partial charge in [-0.3, -0.25) is 4.79 Å². The zero-order valence-electron chi connectivity index (χ0n) is 8.42. The lowest BCUT2D eigenvalue weighted by atomic mass is 10.2. The summed E-state index contributed by atoms with van der Waals surface area (Å²) in [4.78, 5) is 22.0. The van der Waals surface area contributed by atoms with E-state index in [1.165, 1.54) is 0 Å². The molecule has 13 heavy (non-hydrogen) atoms. The van der Waals surface area contributed by atoms with Gasteiger partial charge in [0.05, 0.1) is 6.61 Å². The molecule has 0 rings (SSSR count). The zero-order chi connectivity index (χ0) is 10.3. The predicted octanol–water partition coefficient (Wildman–Crippen LogP) is 0.854. The van der Waals surface area contributed by atoms with Crippen LogP contribution in [0.25, 0.3) is 0 Å². The molecule has 4 heteroatoms. The molecule has 0 saturated carbocycles. The second-order valence-electron chi connectivity index (χ2n) is 2.71. The van der Waals surface area contributed by atoms with Crippen LogP contribution >= 0.6 is 0 Å². The van der Waals surface area contributed by atoms with Crippen LogP contribution in [-0.2, 0) is 14.3 Å². The standard InChI is InChI=1S/C9H17NO3/c1-4-7(5-2)10-8(11)9(12)13-6-3/h7H,4-6H2,1-3H3,(H,10,11). The van der Waals surface area contributed by atoms with Crippen LogP contribution < -0.4 is 5.32 Å². The van der Waals surface area contributed by atoms with Crippen molar-refractivity contribution in [2.75, 3.05) is 6.61 Å². The number of amides is 1. The molecule has 1 amide bonds. The van der Waals surface area contributed by atoms with Gasteiger partial charge in [-0.1, -0.05) is 13.8 Å². The molecule has 0 aliphatic carbocycles. The molecule has 0 unspecified atom stereocenters. The van der Waals surface area contributed by atoms with E-state index in [4.69, 9.17) is 0 Å². The monoisotopic (exact) mass is 187 g/mol. The largest absolute Gasteiger partial charge is 0.459 e. The van der Waals surface area contributed by atoms with E-state index in [9.17, 15) is 9.59 Å². The highest BCUT2D eigenvalue weighted by Gasteiger charge is 2.17. The Morgan fingerprint density at radius 2 is 1.77 bits per heavy atom. The van der Waals surface area contributed by atoms with Crippen LogP contribution in [0.5, 0.6) is 0 Å². The summed E-state index contributed by atoms with van der Waals surface area (Å²) < 4.78 is 4.54. The van der Waals surface area contributed by atoms with E-state index in [0.717, 1.165) is 12.8 Å². The molecule has 0 aromatic carbocycles. The Labute approximate surface area is 78.6 Å². The van der Waals surface area contributed by atoms with E-state index < -0.39 is 11.9 Å². The fourth-order valence-corrected chi connectivity index (χ4v) is 0.934. The topological polar surface area (TPSA) is 55.4 Å². The van der Waals surface area contributed by atoms with Crippen LogP contribution in [0, 0.1) is 0 Å². The van der Waals surface area contributed by atoms with Gasteiger partial charge >= 0.3 is 11.9 Å². The average Bonchev–Trinajstić information content (AvgIpc) is 2.14. The van der Waals surface area contributed by atoms with Crippen LogP contribution in [0.2, 0.25) is 0 Å². The predicted molar refractivity (Wildman–Crippen MR) is 49.1 cm³/mol. The van der Waals surface area contributed by atoms with E-state index in [0.29, 0.717) is 0 Å². The maximum Gasteiger partial charge on any atom is 0.396 e. The first kappa shape index (κ1) is 11.9. The third-order valence-electron chi connectivity index (χ3n) is 1.78. The van der Waals surface area contributed by atoms with E-state index in [1.54, 1.807) is 6.92 Å². The Balaban J connectivity index is 3.90. The van der Waals surface area contributed by atoms with E-state index in [-0.39, 0.29) is 12.6 Å². The summed E-state index contributed by atoms with van der Waals surface area (Å²) in [6, 6.07) is 0.0666. The number of ether oxygens (including phenoxy) is 1. The lowest BCUT2D eigenvalue weighted by Gasteiger charge is -2.13. The molecule has 0 aromatic heterocycles. The summed E-state index contributed by atoms with van der Waals surface area (Å²) in [6.07, 6.45) is 1.64. The van der Waals surface area contributed by atoms with Gasteiger partial charge in [-0.25, -0.2) is 4.79 Å². The van der Waals surface area contributed by atoms with Gasteiger partial charge in [-0.2, -0.15) is 0 Å². The number of hydrogen-bond acceptors (Lipinski definition) is 3.